The Labute approximate surface area is 167 Å². The summed E-state index contributed by atoms with van der Waals surface area (Å²) in [6.45, 7) is 5.01. The molecule has 1 aromatic heterocycles. The SMILES string of the molecule is COc1cc(C)nc(NC(=O)NS(=O)(=O)c2cccc(NC(=O)OC(C)C)c2)n1. The molecule has 2 aromatic rings. The standard InChI is InChI=1S/C17H21N5O6S/c1-10(2)28-17(24)19-12-6-5-7-13(9-12)29(25,26)22-16(23)21-15-18-11(3)8-14(20-15)27-4/h5-10H,1-4H3,(H,19,24)(H2,18,20,21,22,23). The Morgan fingerprint density at radius 3 is 2.48 bits per heavy atom. The monoisotopic (exact) mass is 423 g/mol. The van der Waals surface area contributed by atoms with Gasteiger partial charge in [0, 0.05) is 17.4 Å². The molecule has 0 atom stereocenters. The largest absolute Gasteiger partial charge is 0.481 e. The summed E-state index contributed by atoms with van der Waals surface area (Å²) in [6, 6.07) is 5.82. The van der Waals surface area contributed by atoms with Crippen molar-refractivity contribution >= 4 is 33.8 Å². The summed E-state index contributed by atoms with van der Waals surface area (Å²) in [6.07, 6.45) is -1.07. The molecule has 29 heavy (non-hydrogen) atoms. The highest BCUT2D eigenvalue weighted by Gasteiger charge is 2.19. The van der Waals surface area contributed by atoms with Gasteiger partial charge in [-0.2, -0.15) is 4.98 Å². The predicted octanol–water partition coefficient (Wildman–Crippen LogP) is 2.26. The lowest BCUT2D eigenvalue weighted by atomic mass is 10.3. The van der Waals surface area contributed by atoms with E-state index >= 15 is 0 Å². The first-order valence-electron chi connectivity index (χ1n) is 8.40. The number of amides is 3. The number of methoxy groups -OCH3 is 1. The van der Waals surface area contributed by atoms with Crippen LogP contribution in [0.5, 0.6) is 5.88 Å². The summed E-state index contributed by atoms with van der Waals surface area (Å²) in [5.74, 6) is 0.0871. The van der Waals surface area contributed by atoms with Crippen molar-refractivity contribution in [2.45, 2.75) is 31.8 Å². The quantitative estimate of drug-likeness (QED) is 0.640. The summed E-state index contributed by atoms with van der Waals surface area (Å²) in [4.78, 5) is 31.4. The van der Waals surface area contributed by atoms with Gasteiger partial charge in [0.25, 0.3) is 10.0 Å². The molecule has 0 aliphatic rings. The smallest absolute Gasteiger partial charge is 0.411 e. The molecule has 0 saturated carbocycles. The number of hydrogen-bond acceptors (Lipinski definition) is 8. The number of carbonyl (C=O) groups is 2. The summed E-state index contributed by atoms with van der Waals surface area (Å²) in [5, 5.41) is 4.64. The molecule has 1 aromatic carbocycles. The van der Waals surface area contributed by atoms with E-state index in [-0.39, 0.29) is 28.5 Å². The zero-order chi connectivity index (χ0) is 21.6. The first kappa shape index (κ1) is 21.9. The Kier molecular flexibility index (Phi) is 6.93. The number of anilines is 2. The van der Waals surface area contributed by atoms with Gasteiger partial charge in [0.15, 0.2) is 0 Å². The molecule has 3 amide bonds. The topological polar surface area (TPSA) is 149 Å². The van der Waals surface area contributed by atoms with Crippen LogP contribution in [0.3, 0.4) is 0 Å². The normalized spacial score (nSPS) is 10.9. The van der Waals surface area contributed by atoms with Crippen LogP contribution in [0.15, 0.2) is 35.2 Å². The number of aryl methyl sites for hydroxylation is 1. The van der Waals surface area contributed by atoms with Crippen LogP contribution in [-0.4, -0.2) is 43.7 Å². The van der Waals surface area contributed by atoms with Gasteiger partial charge in [-0.15, -0.1) is 0 Å². The fourth-order valence-corrected chi connectivity index (χ4v) is 3.06. The van der Waals surface area contributed by atoms with E-state index in [1.807, 2.05) is 4.72 Å². The number of benzene rings is 1. The molecule has 2 rings (SSSR count). The van der Waals surface area contributed by atoms with Crippen LogP contribution in [0.2, 0.25) is 0 Å². The van der Waals surface area contributed by atoms with Crippen molar-refractivity contribution in [2.24, 2.45) is 0 Å². The fourth-order valence-electron chi connectivity index (χ4n) is 2.11. The van der Waals surface area contributed by atoms with Crippen molar-refractivity contribution in [3.8, 4) is 5.88 Å². The molecule has 0 saturated heterocycles. The van der Waals surface area contributed by atoms with Gasteiger partial charge in [0.2, 0.25) is 11.8 Å². The highest BCUT2D eigenvalue weighted by atomic mass is 32.2. The molecule has 3 N–H and O–H groups in total. The van der Waals surface area contributed by atoms with Crippen LogP contribution in [0, 0.1) is 6.92 Å². The average Bonchev–Trinajstić information content (AvgIpc) is 2.60. The molecule has 0 aliphatic heterocycles. The maximum Gasteiger partial charge on any atom is 0.411 e. The molecule has 0 unspecified atom stereocenters. The molecule has 0 radical (unpaired) electrons. The van der Waals surface area contributed by atoms with E-state index in [2.05, 4.69) is 20.6 Å². The van der Waals surface area contributed by atoms with Crippen molar-refractivity contribution < 1.29 is 27.5 Å². The number of hydrogen-bond donors (Lipinski definition) is 3. The van der Waals surface area contributed by atoms with Crippen molar-refractivity contribution in [3.05, 3.63) is 36.0 Å². The van der Waals surface area contributed by atoms with Gasteiger partial charge in [-0.05, 0) is 39.0 Å². The lowest BCUT2D eigenvalue weighted by Gasteiger charge is -2.11. The summed E-state index contributed by atoms with van der Waals surface area (Å²) in [5.41, 5.74) is 0.702. The van der Waals surface area contributed by atoms with E-state index < -0.39 is 22.1 Å². The number of carbonyl (C=O) groups excluding carboxylic acids is 2. The van der Waals surface area contributed by atoms with E-state index in [4.69, 9.17) is 9.47 Å². The molecule has 11 nitrogen and oxygen atoms in total. The maximum absolute atomic E-state index is 12.5. The minimum Gasteiger partial charge on any atom is -0.481 e. The third kappa shape index (κ3) is 6.60. The zero-order valence-electron chi connectivity index (χ0n) is 16.2. The third-order valence-electron chi connectivity index (χ3n) is 3.23. The number of sulfonamides is 1. The van der Waals surface area contributed by atoms with Gasteiger partial charge >= 0.3 is 12.1 Å². The molecular weight excluding hydrogens is 402 g/mol. The minimum absolute atomic E-state index is 0.124. The van der Waals surface area contributed by atoms with Crippen molar-refractivity contribution in [3.63, 3.8) is 0 Å². The molecule has 0 fully saturated rings. The summed E-state index contributed by atoms with van der Waals surface area (Å²) < 4.78 is 36.7. The average molecular weight is 423 g/mol. The van der Waals surface area contributed by atoms with Crippen LogP contribution in [-0.2, 0) is 14.8 Å². The second kappa shape index (κ2) is 9.19. The number of nitrogens with zero attached hydrogens (tertiary/aromatic N) is 2. The fraction of sp³-hybridized carbons (Fsp3) is 0.294. The third-order valence-corrected chi connectivity index (χ3v) is 4.55. The van der Waals surface area contributed by atoms with Gasteiger partial charge in [0.1, 0.15) is 0 Å². The van der Waals surface area contributed by atoms with Gasteiger partial charge in [-0.25, -0.2) is 27.7 Å². The highest BCUT2D eigenvalue weighted by molar-refractivity contribution is 7.90. The summed E-state index contributed by atoms with van der Waals surface area (Å²) >= 11 is 0. The Morgan fingerprint density at radius 2 is 1.83 bits per heavy atom. The molecule has 0 aliphatic carbocycles. The number of nitrogens with one attached hydrogen (secondary N) is 3. The van der Waals surface area contributed by atoms with Crippen LogP contribution in [0.4, 0.5) is 21.2 Å². The van der Waals surface area contributed by atoms with Crippen molar-refractivity contribution in [1.82, 2.24) is 14.7 Å². The second-order valence-electron chi connectivity index (χ2n) is 6.04. The predicted molar refractivity (Wildman–Crippen MR) is 104 cm³/mol. The second-order valence-corrected chi connectivity index (χ2v) is 7.72. The molecular formula is C17H21N5O6S. The van der Waals surface area contributed by atoms with Gasteiger partial charge in [-0.3, -0.25) is 10.6 Å². The van der Waals surface area contributed by atoms with Crippen molar-refractivity contribution in [2.75, 3.05) is 17.7 Å². The number of urea groups is 1. The minimum atomic E-state index is -4.23. The van der Waals surface area contributed by atoms with E-state index in [0.717, 1.165) is 0 Å². The molecule has 156 valence electrons. The van der Waals surface area contributed by atoms with Crippen LogP contribution in [0.1, 0.15) is 19.5 Å². The van der Waals surface area contributed by atoms with Crippen molar-refractivity contribution in [1.29, 1.82) is 0 Å². The van der Waals surface area contributed by atoms with Crippen LogP contribution in [0.25, 0.3) is 0 Å². The molecule has 12 heteroatoms. The Bertz CT molecular complexity index is 1010. The Hall–Kier alpha value is -3.41. The van der Waals surface area contributed by atoms with Gasteiger partial charge in [-0.1, -0.05) is 6.07 Å². The van der Waals surface area contributed by atoms with E-state index in [0.29, 0.717) is 5.69 Å². The first-order valence-corrected chi connectivity index (χ1v) is 9.88. The lowest BCUT2D eigenvalue weighted by molar-refractivity contribution is 0.130. The summed E-state index contributed by atoms with van der Waals surface area (Å²) in [7, 11) is -2.83. The number of aromatic nitrogens is 2. The van der Waals surface area contributed by atoms with Crippen LogP contribution < -0.4 is 20.1 Å². The molecule has 1 heterocycles. The number of rotatable bonds is 6. The van der Waals surface area contributed by atoms with Gasteiger partial charge < -0.3 is 9.47 Å². The lowest BCUT2D eigenvalue weighted by Crippen LogP contribution is -2.35. The van der Waals surface area contributed by atoms with Gasteiger partial charge in [0.05, 0.1) is 18.1 Å². The zero-order valence-corrected chi connectivity index (χ0v) is 17.0. The molecule has 0 spiro atoms. The van der Waals surface area contributed by atoms with E-state index in [9.17, 15) is 18.0 Å². The van der Waals surface area contributed by atoms with Crippen LogP contribution >= 0.6 is 0 Å². The first-order chi connectivity index (χ1) is 13.6. The number of ether oxygens (including phenoxy) is 2. The van der Waals surface area contributed by atoms with E-state index in [1.54, 1.807) is 26.8 Å². The Balaban J connectivity index is 2.10. The maximum atomic E-state index is 12.5. The Morgan fingerprint density at radius 1 is 1.10 bits per heavy atom. The molecule has 0 bridgehead atoms. The highest BCUT2D eigenvalue weighted by Crippen LogP contribution is 2.16. The van der Waals surface area contributed by atoms with E-state index in [1.165, 1.54) is 31.4 Å².